The van der Waals surface area contributed by atoms with Crippen LogP contribution in [0.25, 0.3) is 0 Å². The minimum Gasteiger partial charge on any atom is -0.481 e. The van der Waals surface area contributed by atoms with Gasteiger partial charge in [-0.15, -0.1) is 0 Å². The van der Waals surface area contributed by atoms with E-state index < -0.39 is 11.9 Å². The van der Waals surface area contributed by atoms with Gasteiger partial charge in [0, 0.05) is 39.3 Å². The summed E-state index contributed by atoms with van der Waals surface area (Å²) in [5, 5.41) is 11.8. The van der Waals surface area contributed by atoms with Gasteiger partial charge in [0.1, 0.15) is 0 Å². The molecule has 1 unspecified atom stereocenters. The first-order chi connectivity index (χ1) is 9.26. The van der Waals surface area contributed by atoms with Gasteiger partial charge in [-0.2, -0.15) is 0 Å². The van der Waals surface area contributed by atoms with Crippen molar-refractivity contribution in [1.82, 2.24) is 10.2 Å². The van der Waals surface area contributed by atoms with E-state index >= 15 is 0 Å². The lowest BCUT2D eigenvalue weighted by Gasteiger charge is -2.41. The molecule has 1 heterocycles. The first-order valence-corrected chi connectivity index (χ1v) is 7.01. The van der Waals surface area contributed by atoms with E-state index in [0.717, 1.165) is 6.42 Å². The maximum atomic E-state index is 11.9. The van der Waals surface area contributed by atoms with Gasteiger partial charge in [0.15, 0.2) is 0 Å². The number of rotatable bonds is 7. The lowest BCUT2D eigenvalue weighted by atomic mass is 9.87. The van der Waals surface area contributed by atoms with E-state index in [2.05, 4.69) is 19.2 Å². The molecular formula is C14H26N2O4. The van der Waals surface area contributed by atoms with E-state index in [9.17, 15) is 9.59 Å². The van der Waals surface area contributed by atoms with Crippen molar-refractivity contribution in [3.05, 3.63) is 0 Å². The molecule has 6 heteroatoms. The van der Waals surface area contributed by atoms with E-state index in [0.29, 0.717) is 26.2 Å². The molecule has 1 fully saturated rings. The second-order valence-corrected chi connectivity index (χ2v) is 6.36. The van der Waals surface area contributed by atoms with Crippen molar-refractivity contribution in [1.29, 1.82) is 0 Å². The smallest absolute Gasteiger partial charge is 0.317 e. The van der Waals surface area contributed by atoms with Gasteiger partial charge >= 0.3 is 12.0 Å². The highest BCUT2D eigenvalue weighted by Crippen LogP contribution is 2.24. The normalized spacial score (nSPS) is 17.5. The number of likely N-dealkylation sites (tertiary alicyclic amines) is 1. The molecule has 0 aromatic rings. The van der Waals surface area contributed by atoms with Crippen LogP contribution in [0.15, 0.2) is 0 Å². The fraction of sp³-hybridized carbons (Fsp3) is 0.857. The molecule has 2 amide bonds. The predicted molar refractivity (Wildman–Crippen MR) is 75.5 cm³/mol. The van der Waals surface area contributed by atoms with Crippen molar-refractivity contribution in [3.8, 4) is 0 Å². The lowest BCUT2D eigenvalue weighted by Crippen LogP contribution is -2.57. The maximum absolute atomic E-state index is 11.9. The largest absolute Gasteiger partial charge is 0.481 e. The lowest BCUT2D eigenvalue weighted by molar-refractivity contribution is -0.144. The first kappa shape index (κ1) is 16.8. The molecule has 1 aliphatic rings. The van der Waals surface area contributed by atoms with Crippen LogP contribution in [0.5, 0.6) is 0 Å². The van der Waals surface area contributed by atoms with E-state index in [1.54, 1.807) is 18.9 Å². The van der Waals surface area contributed by atoms with Crippen LogP contribution in [0.1, 0.15) is 27.2 Å². The summed E-state index contributed by atoms with van der Waals surface area (Å²) < 4.78 is 5.05. The zero-order valence-electron chi connectivity index (χ0n) is 12.8. The van der Waals surface area contributed by atoms with Crippen LogP contribution in [0.2, 0.25) is 0 Å². The summed E-state index contributed by atoms with van der Waals surface area (Å²) in [6, 6.07) is -0.107. The number of carbonyl (C=O) groups is 2. The maximum Gasteiger partial charge on any atom is 0.317 e. The predicted octanol–water partition coefficient (Wildman–Crippen LogP) is 1.41. The van der Waals surface area contributed by atoms with Crippen molar-refractivity contribution in [2.75, 3.05) is 33.4 Å². The van der Waals surface area contributed by atoms with Crippen LogP contribution in [-0.4, -0.2) is 55.4 Å². The number of ether oxygens (including phenoxy) is 1. The van der Waals surface area contributed by atoms with Crippen molar-refractivity contribution >= 4 is 12.0 Å². The number of carboxylic acid groups (broad SMARTS) is 1. The van der Waals surface area contributed by atoms with Gasteiger partial charge < -0.3 is 20.1 Å². The molecule has 0 spiro atoms. The van der Waals surface area contributed by atoms with Crippen molar-refractivity contribution in [2.45, 2.75) is 27.2 Å². The Hall–Kier alpha value is -1.30. The van der Waals surface area contributed by atoms with Crippen LogP contribution < -0.4 is 5.32 Å². The van der Waals surface area contributed by atoms with Crippen molar-refractivity contribution in [2.24, 2.45) is 17.3 Å². The van der Waals surface area contributed by atoms with Gasteiger partial charge in [-0.25, -0.2) is 4.79 Å². The number of aliphatic carboxylic acids is 1. The third kappa shape index (κ3) is 4.67. The molecule has 20 heavy (non-hydrogen) atoms. The molecule has 0 aliphatic carbocycles. The van der Waals surface area contributed by atoms with E-state index in [1.165, 1.54) is 0 Å². The Morgan fingerprint density at radius 2 is 2.05 bits per heavy atom. The highest BCUT2D eigenvalue weighted by Gasteiger charge is 2.37. The molecular weight excluding hydrogens is 260 g/mol. The van der Waals surface area contributed by atoms with Crippen LogP contribution in [0, 0.1) is 17.3 Å². The quantitative estimate of drug-likeness (QED) is 0.741. The van der Waals surface area contributed by atoms with Gasteiger partial charge in [0.2, 0.25) is 0 Å². The number of urea groups is 1. The SMILES string of the molecule is COCCC(C)(C)CNC(=O)N1CC(C(C)C(=O)O)C1. The summed E-state index contributed by atoms with van der Waals surface area (Å²) in [6.45, 7) is 8.16. The number of carboxylic acids is 1. The number of amides is 2. The van der Waals surface area contributed by atoms with E-state index in [4.69, 9.17) is 9.84 Å². The number of methoxy groups -OCH3 is 1. The third-order valence-corrected chi connectivity index (χ3v) is 3.99. The van der Waals surface area contributed by atoms with Gasteiger partial charge in [0.25, 0.3) is 0 Å². The molecule has 116 valence electrons. The molecule has 1 atom stereocenters. The average molecular weight is 286 g/mol. The highest BCUT2D eigenvalue weighted by molar-refractivity contribution is 5.76. The fourth-order valence-electron chi connectivity index (χ4n) is 2.09. The summed E-state index contributed by atoms with van der Waals surface area (Å²) in [7, 11) is 1.67. The van der Waals surface area contributed by atoms with Crippen LogP contribution in [0.4, 0.5) is 4.79 Å². The summed E-state index contributed by atoms with van der Waals surface area (Å²) in [6.07, 6.45) is 0.877. The molecule has 1 saturated heterocycles. The van der Waals surface area contributed by atoms with Gasteiger partial charge in [-0.05, 0) is 11.8 Å². The molecule has 1 rings (SSSR count). The number of nitrogens with one attached hydrogen (secondary N) is 1. The zero-order chi connectivity index (χ0) is 15.3. The van der Waals surface area contributed by atoms with Crippen molar-refractivity contribution in [3.63, 3.8) is 0 Å². The molecule has 0 bridgehead atoms. The Morgan fingerprint density at radius 3 is 2.55 bits per heavy atom. The Kier molecular flexibility index (Phi) is 5.80. The molecule has 2 N–H and O–H groups in total. The average Bonchev–Trinajstić information content (AvgIpc) is 2.32. The molecule has 0 saturated carbocycles. The summed E-state index contributed by atoms with van der Waals surface area (Å²) in [4.78, 5) is 24.4. The highest BCUT2D eigenvalue weighted by atomic mass is 16.5. The molecule has 0 radical (unpaired) electrons. The molecule has 0 aromatic heterocycles. The van der Waals surface area contributed by atoms with Gasteiger partial charge in [-0.3, -0.25) is 4.79 Å². The number of nitrogens with zero attached hydrogens (tertiary/aromatic N) is 1. The third-order valence-electron chi connectivity index (χ3n) is 3.99. The second-order valence-electron chi connectivity index (χ2n) is 6.36. The van der Waals surface area contributed by atoms with Crippen molar-refractivity contribution < 1.29 is 19.4 Å². The molecule has 0 aromatic carbocycles. The molecule has 1 aliphatic heterocycles. The minimum absolute atomic E-state index is 0.00963. The van der Waals surface area contributed by atoms with Gasteiger partial charge in [0.05, 0.1) is 5.92 Å². The number of hydrogen-bond acceptors (Lipinski definition) is 3. The van der Waals surface area contributed by atoms with Crippen LogP contribution in [0.3, 0.4) is 0 Å². The van der Waals surface area contributed by atoms with E-state index in [-0.39, 0.29) is 17.4 Å². The van der Waals surface area contributed by atoms with E-state index in [1.807, 2.05) is 0 Å². The minimum atomic E-state index is -0.796. The Labute approximate surface area is 120 Å². The fourth-order valence-corrected chi connectivity index (χ4v) is 2.09. The second kappa shape index (κ2) is 6.92. The number of carbonyl (C=O) groups excluding carboxylic acids is 1. The monoisotopic (exact) mass is 286 g/mol. The summed E-state index contributed by atoms with van der Waals surface area (Å²) in [5.74, 6) is -1.12. The topological polar surface area (TPSA) is 78.9 Å². The van der Waals surface area contributed by atoms with Crippen LogP contribution >= 0.6 is 0 Å². The summed E-state index contributed by atoms with van der Waals surface area (Å²) in [5.41, 5.74) is -0.00963. The standard InChI is InChI=1S/C14H26N2O4/c1-10(12(17)18)11-7-16(8-11)13(19)15-9-14(2,3)5-6-20-4/h10-11H,5-9H2,1-4H3,(H,15,19)(H,17,18). The Morgan fingerprint density at radius 1 is 1.45 bits per heavy atom. The van der Waals surface area contributed by atoms with Gasteiger partial charge in [-0.1, -0.05) is 20.8 Å². The Bertz CT molecular complexity index is 351. The zero-order valence-corrected chi connectivity index (χ0v) is 12.8. The Balaban J connectivity index is 2.27. The first-order valence-electron chi connectivity index (χ1n) is 7.01. The van der Waals surface area contributed by atoms with Crippen LogP contribution in [-0.2, 0) is 9.53 Å². The summed E-state index contributed by atoms with van der Waals surface area (Å²) >= 11 is 0. The number of hydrogen-bond donors (Lipinski definition) is 2. The molecule has 6 nitrogen and oxygen atoms in total.